The molecule has 9 nitrogen and oxygen atoms in total. The number of amides is 1. The Morgan fingerprint density at radius 3 is 2.59 bits per heavy atom. The highest BCUT2D eigenvalue weighted by Crippen LogP contribution is 2.48. The van der Waals surface area contributed by atoms with Gasteiger partial charge in [-0.15, -0.1) is 11.3 Å². The number of carboxylic acid groups (broad SMARTS) is 1. The summed E-state index contributed by atoms with van der Waals surface area (Å²) in [5.41, 5.74) is 2.31. The largest absolute Gasteiger partial charge is 0.511 e. The molecule has 1 aliphatic heterocycles. The highest BCUT2D eigenvalue weighted by atomic mass is 32.1. The Morgan fingerprint density at radius 1 is 1.09 bits per heavy atom. The zero-order chi connectivity index (χ0) is 21.8. The maximum Gasteiger partial charge on any atom is 0.511 e. The number of nitrogens with one attached hydrogen (secondary N) is 1. The zero-order valence-corrected chi connectivity index (χ0v) is 18.2. The first-order valence-corrected chi connectivity index (χ1v) is 11.9. The van der Waals surface area contributed by atoms with Crippen molar-refractivity contribution in [1.29, 1.82) is 0 Å². The number of carbonyl (C=O) groups is 2. The summed E-state index contributed by atoms with van der Waals surface area (Å²) in [5.74, 6) is 1.51. The number of aromatic nitrogens is 2. The van der Waals surface area contributed by atoms with Crippen LogP contribution in [0.25, 0.3) is 11.5 Å². The van der Waals surface area contributed by atoms with Crippen LogP contribution < -0.4 is 5.32 Å². The van der Waals surface area contributed by atoms with E-state index >= 15 is 0 Å². The number of hydrogen-bond donors (Lipinski definition) is 2. The topological polar surface area (TPSA) is 124 Å². The summed E-state index contributed by atoms with van der Waals surface area (Å²) in [6, 6.07) is 0. The number of fused-ring (bicyclic) bond motifs is 3. The summed E-state index contributed by atoms with van der Waals surface area (Å²) >= 11 is 1.45. The molecule has 0 spiro atoms. The van der Waals surface area contributed by atoms with Gasteiger partial charge in [-0.05, 0) is 56.4 Å². The number of allylic oxidation sites excluding steroid dienone is 1. The van der Waals surface area contributed by atoms with Crippen molar-refractivity contribution in [1.82, 2.24) is 10.1 Å². The van der Waals surface area contributed by atoms with E-state index in [1.165, 1.54) is 11.3 Å². The number of anilines is 1. The molecule has 0 saturated heterocycles. The fourth-order valence-electron chi connectivity index (χ4n) is 5.16. The van der Waals surface area contributed by atoms with Crippen molar-refractivity contribution in [2.45, 2.75) is 57.5 Å². The molecule has 2 fully saturated rings. The second-order valence-corrected chi connectivity index (χ2v) is 10.00. The minimum atomic E-state index is -1.37. The Bertz CT molecular complexity index is 1120. The minimum absolute atomic E-state index is 0.0144. The molecular weight excluding hydrogens is 434 g/mol. The minimum Gasteiger partial charge on any atom is -0.449 e. The van der Waals surface area contributed by atoms with Crippen molar-refractivity contribution in [3.05, 3.63) is 27.6 Å². The Balaban J connectivity index is 1.37. The second-order valence-electron chi connectivity index (χ2n) is 8.89. The maximum absolute atomic E-state index is 13.4. The van der Waals surface area contributed by atoms with Gasteiger partial charge >= 0.3 is 6.16 Å². The van der Waals surface area contributed by atoms with Crippen molar-refractivity contribution in [2.75, 3.05) is 11.9 Å². The van der Waals surface area contributed by atoms with Gasteiger partial charge in [0.2, 0.25) is 0 Å². The molecule has 3 heterocycles. The molecule has 2 aromatic heterocycles. The average molecular weight is 458 g/mol. The number of hydrogen-bond acceptors (Lipinski definition) is 8. The molecule has 0 radical (unpaired) electrons. The van der Waals surface area contributed by atoms with E-state index in [0.717, 1.165) is 54.5 Å². The molecule has 7 rings (SSSR count). The molecule has 2 saturated carbocycles. The molecule has 5 aliphatic rings. The van der Waals surface area contributed by atoms with Gasteiger partial charge in [-0.3, -0.25) is 4.79 Å². The van der Waals surface area contributed by atoms with E-state index in [1.807, 2.05) is 0 Å². The van der Waals surface area contributed by atoms with Crippen molar-refractivity contribution >= 4 is 28.4 Å². The van der Waals surface area contributed by atoms with Gasteiger partial charge in [0.15, 0.2) is 5.82 Å². The van der Waals surface area contributed by atoms with E-state index in [-0.39, 0.29) is 17.7 Å². The van der Waals surface area contributed by atoms with Crippen LogP contribution in [0.3, 0.4) is 0 Å². The van der Waals surface area contributed by atoms with Crippen LogP contribution >= 0.6 is 11.3 Å². The first kappa shape index (κ1) is 19.9. The quantitative estimate of drug-likeness (QED) is 0.631. The zero-order valence-electron chi connectivity index (χ0n) is 17.4. The van der Waals surface area contributed by atoms with Gasteiger partial charge in [-0.2, -0.15) is 4.98 Å². The molecule has 168 valence electrons. The van der Waals surface area contributed by atoms with Gasteiger partial charge in [0, 0.05) is 16.7 Å². The molecule has 2 N–H and O–H groups in total. The predicted octanol–water partition coefficient (Wildman–Crippen LogP) is 4.46. The van der Waals surface area contributed by atoms with Crippen molar-refractivity contribution in [2.24, 2.45) is 11.8 Å². The fourth-order valence-corrected chi connectivity index (χ4v) is 6.33. The molecule has 10 heteroatoms. The van der Waals surface area contributed by atoms with E-state index in [1.54, 1.807) is 0 Å². The Morgan fingerprint density at radius 2 is 1.84 bits per heavy atom. The number of carbonyl (C=O) groups excluding carboxylic acids is 1. The van der Waals surface area contributed by atoms with Crippen LogP contribution in [-0.2, 0) is 27.3 Å². The highest BCUT2D eigenvalue weighted by Gasteiger charge is 2.41. The molecule has 1 amide bonds. The molecule has 0 atom stereocenters. The van der Waals surface area contributed by atoms with Gasteiger partial charge in [0.25, 0.3) is 11.8 Å². The molecular formula is C22H23N3O6S. The maximum atomic E-state index is 13.4. The predicted molar refractivity (Wildman–Crippen MR) is 113 cm³/mol. The lowest BCUT2D eigenvalue weighted by molar-refractivity contribution is -0.114. The second kappa shape index (κ2) is 7.70. The fraction of sp³-hybridized carbons (Fsp3) is 0.545. The lowest BCUT2D eigenvalue weighted by Gasteiger charge is -2.37. The van der Waals surface area contributed by atoms with Gasteiger partial charge < -0.3 is 24.4 Å². The van der Waals surface area contributed by atoms with Crippen molar-refractivity contribution in [3.8, 4) is 11.5 Å². The normalized spacial score (nSPS) is 24.4. The van der Waals surface area contributed by atoms with E-state index in [4.69, 9.17) is 14.0 Å². The smallest absolute Gasteiger partial charge is 0.449 e. The Hall–Kier alpha value is -2.72. The molecule has 2 bridgehead atoms. The number of nitrogens with zero attached hydrogens (tertiary/aromatic N) is 2. The molecule has 32 heavy (non-hydrogen) atoms. The third-order valence-corrected chi connectivity index (χ3v) is 7.98. The van der Waals surface area contributed by atoms with Gasteiger partial charge in [-0.25, -0.2) is 4.79 Å². The van der Waals surface area contributed by atoms with Crippen LogP contribution in [0.1, 0.15) is 60.7 Å². The summed E-state index contributed by atoms with van der Waals surface area (Å²) in [7, 11) is 0. The van der Waals surface area contributed by atoms with Crippen LogP contribution in [0, 0.1) is 11.8 Å². The summed E-state index contributed by atoms with van der Waals surface area (Å²) in [4.78, 5) is 30.4. The molecule has 0 aromatic carbocycles. The number of ether oxygens (including phenoxy) is 2. The van der Waals surface area contributed by atoms with Crippen molar-refractivity contribution in [3.63, 3.8) is 0 Å². The number of thiophene rings is 1. The summed E-state index contributed by atoms with van der Waals surface area (Å²) < 4.78 is 16.3. The summed E-state index contributed by atoms with van der Waals surface area (Å²) in [6.45, 7) is 1.08. The van der Waals surface area contributed by atoms with E-state index in [2.05, 4.69) is 15.5 Å². The average Bonchev–Trinajstić information content (AvgIpc) is 3.41. The third-order valence-electron chi connectivity index (χ3n) is 6.86. The molecule has 4 aliphatic carbocycles. The SMILES string of the molecule is O=C(O)OC1=C(C(=O)Nc2sc3c(c2-c2nc(C4CC4)no2)CCOC3)C2CCC1CC2. The van der Waals surface area contributed by atoms with Gasteiger partial charge in [-0.1, -0.05) is 5.16 Å². The van der Waals surface area contributed by atoms with E-state index < -0.39 is 6.16 Å². The van der Waals surface area contributed by atoms with Crippen LogP contribution in [0.2, 0.25) is 0 Å². The van der Waals surface area contributed by atoms with Crippen molar-refractivity contribution < 1.29 is 28.7 Å². The highest BCUT2D eigenvalue weighted by molar-refractivity contribution is 7.17. The third kappa shape index (κ3) is 3.41. The monoisotopic (exact) mass is 457 g/mol. The standard InChI is InChI=1S/C22H23N3O6S/c26-19(15-10-1-3-11(4-2-10)17(15)30-22(27)28)24-21-16(13-7-8-29-9-14(13)32-21)20-23-18(25-31-20)12-5-6-12/h10-12H,1-9H2,(H,24,26)(H,27,28). The lowest BCUT2D eigenvalue weighted by Crippen LogP contribution is -2.34. The van der Waals surface area contributed by atoms with E-state index in [0.29, 0.717) is 53.6 Å². The van der Waals surface area contributed by atoms with Gasteiger partial charge in [0.05, 0.1) is 24.4 Å². The Kier molecular flexibility index (Phi) is 4.80. The lowest BCUT2D eigenvalue weighted by atomic mass is 9.70. The Labute approximate surface area is 187 Å². The first-order chi connectivity index (χ1) is 15.6. The van der Waals surface area contributed by atoms with Crippen LogP contribution in [0.15, 0.2) is 15.9 Å². The summed E-state index contributed by atoms with van der Waals surface area (Å²) in [6.07, 6.45) is 4.92. The van der Waals surface area contributed by atoms with Crippen LogP contribution in [-0.4, -0.2) is 33.9 Å². The first-order valence-electron chi connectivity index (χ1n) is 11.1. The molecule has 0 unspecified atom stereocenters. The number of rotatable bonds is 5. The van der Waals surface area contributed by atoms with E-state index in [9.17, 15) is 14.7 Å². The van der Waals surface area contributed by atoms with Crippen LogP contribution in [0.5, 0.6) is 0 Å². The summed E-state index contributed by atoms with van der Waals surface area (Å²) in [5, 5.41) is 17.0. The van der Waals surface area contributed by atoms with Gasteiger partial charge in [0.1, 0.15) is 10.8 Å². The van der Waals surface area contributed by atoms with Crippen LogP contribution in [0.4, 0.5) is 9.80 Å². The molecule has 2 aromatic rings.